The van der Waals surface area contributed by atoms with Gasteiger partial charge >= 0.3 is 0 Å². The highest BCUT2D eigenvalue weighted by molar-refractivity contribution is 7.89. The van der Waals surface area contributed by atoms with Crippen LogP contribution in [0.2, 0.25) is 0 Å². The third-order valence-electron chi connectivity index (χ3n) is 4.37. The minimum atomic E-state index is -3.09. The first kappa shape index (κ1) is 15.7. The lowest BCUT2D eigenvalue weighted by Gasteiger charge is -2.32. The van der Waals surface area contributed by atoms with Gasteiger partial charge in [-0.3, -0.25) is 4.79 Å². The van der Waals surface area contributed by atoms with Crippen molar-refractivity contribution in [2.45, 2.75) is 45.2 Å². The molecule has 2 saturated heterocycles. The zero-order valence-corrected chi connectivity index (χ0v) is 13.1. The molecule has 2 atom stereocenters. The number of carbonyl (C=O) groups excluding carboxylic acids is 1. The average molecular weight is 303 g/mol. The summed E-state index contributed by atoms with van der Waals surface area (Å²) in [4.78, 5) is 12.2. The molecule has 1 amide bonds. The third kappa shape index (κ3) is 3.51. The molecular formula is C13H25N3O3S. The maximum absolute atomic E-state index is 12.2. The Morgan fingerprint density at radius 2 is 1.95 bits per heavy atom. The van der Waals surface area contributed by atoms with Crippen molar-refractivity contribution in [3.05, 3.63) is 0 Å². The summed E-state index contributed by atoms with van der Waals surface area (Å²) in [6, 6.07) is 0.00723. The molecule has 0 bridgehead atoms. The number of nitrogens with one attached hydrogen (secondary N) is 2. The van der Waals surface area contributed by atoms with Gasteiger partial charge in [-0.2, -0.15) is 0 Å². The predicted molar refractivity (Wildman–Crippen MR) is 77.8 cm³/mol. The molecule has 2 unspecified atom stereocenters. The van der Waals surface area contributed by atoms with Crippen LogP contribution < -0.4 is 10.6 Å². The van der Waals surface area contributed by atoms with E-state index in [1.165, 1.54) is 4.31 Å². The van der Waals surface area contributed by atoms with Crippen LogP contribution in [0, 0.1) is 5.92 Å². The first-order chi connectivity index (χ1) is 9.44. The molecule has 2 aliphatic heterocycles. The average Bonchev–Trinajstić information content (AvgIpc) is 2.85. The molecule has 0 aliphatic carbocycles. The predicted octanol–water partition coefficient (Wildman–Crippen LogP) is -0.0853. The number of hydrogen-bond donors (Lipinski definition) is 2. The van der Waals surface area contributed by atoms with Crippen LogP contribution in [-0.4, -0.2) is 56.1 Å². The molecule has 2 fully saturated rings. The zero-order valence-electron chi connectivity index (χ0n) is 12.3. The summed E-state index contributed by atoms with van der Waals surface area (Å²) in [5, 5.41) is 6.28. The quantitative estimate of drug-likeness (QED) is 0.761. The summed E-state index contributed by atoms with van der Waals surface area (Å²) < 4.78 is 25.1. The van der Waals surface area contributed by atoms with Crippen LogP contribution in [0.5, 0.6) is 0 Å². The molecule has 7 heteroatoms. The lowest BCUT2D eigenvalue weighted by atomic mass is 10.0. The summed E-state index contributed by atoms with van der Waals surface area (Å²) in [6.07, 6.45) is 2.43. The van der Waals surface area contributed by atoms with E-state index in [9.17, 15) is 13.2 Å². The van der Waals surface area contributed by atoms with Crippen LogP contribution in [0.3, 0.4) is 0 Å². The van der Waals surface area contributed by atoms with Gasteiger partial charge in [0.25, 0.3) is 0 Å². The van der Waals surface area contributed by atoms with E-state index >= 15 is 0 Å². The van der Waals surface area contributed by atoms with E-state index in [0.29, 0.717) is 31.8 Å². The fraction of sp³-hybridized carbons (Fsp3) is 0.923. The number of hydrogen-bond acceptors (Lipinski definition) is 4. The van der Waals surface area contributed by atoms with Crippen molar-refractivity contribution in [1.29, 1.82) is 0 Å². The molecule has 2 N–H and O–H groups in total. The van der Waals surface area contributed by atoms with E-state index in [0.717, 1.165) is 13.0 Å². The van der Waals surface area contributed by atoms with Gasteiger partial charge in [-0.15, -0.1) is 0 Å². The molecule has 2 aliphatic rings. The molecule has 0 aromatic rings. The summed E-state index contributed by atoms with van der Waals surface area (Å²) >= 11 is 0. The second kappa shape index (κ2) is 6.41. The number of carbonyl (C=O) groups is 1. The third-order valence-corrected chi connectivity index (χ3v) is 6.26. The van der Waals surface area contributed by atoms with Crippen molar-refractivity contribution >= 4 is 15.9 Å². The van der Waals surface area contributed by atoms with E-state index in [1.807, 2.05) is 0 Å². The van der Waals surface area contributed by atoms with E-state index in [1.54, 1.807) is 6.92 Å². The van der Waals surface area contributed by atoms with Crippen LogP contribution in [0.15, 0.2) is 0 Å². The highest BCUT2D eigenvalue weighted by atomic mass is 32.2. The largest absolute Gasteiger partial charge is 0.352 e. The maximum atomic E-state index is 12.2. The van der Waals surface area contributed by atoms with Gasteiger partial charge in [0.15, 0.2) is 0 Å². The van der Waals surface area contributed by atoms with Gasteiger partial charge in [-0.25, -0.2) is 12.7 Å². The van der Waals surface area contributed by atoms with Crippen molar-refractivity contribution in [3.63, 3.8) is 0 Å². The van der Waals surface area contributed by atoms with E-state index in [2.05, 4.69) is 17.6 Å². The van der Waals surface area contributed by atoms with Gasteiger partial charge in [-0.1, -0.05) is 6.92 Å². The number of piperidine rings is 1. The Balaban J connectivity index is 1.81. The topological polar surface area (TPSA) is 78.5 Å². The van der Waals surface area contributed by atoms with Crippen molar-refractivity contribution in [3.8, 4) is 0 Å². The Hall–Kier alpha value is -0.660. The molecule has 0 aromatic carbocycles. The van der Waals surface area contributed by atoms with Gasteiger partial charge in [0.2, 0.25) is 15.9 Å². The van der Waals surface area contributed by atoms with Gasteiger partial charge in [-0.05, 0) is 38.6 Å². The molecule has 0 aromatic heterocycles. The normalized spacial score (nSPS) is 29.5. The Morgan fingerprint density at radius 1 is 1.30 bits per heavy atom. The molecule has 20 heavy (non-hydrogen) atoms. The van der Waals surface area contributed by atoms with E-state index < -0.39 is 10.0 Å². The van der Waals surface area contributed by atoms with Crippen molar-refractivity contribution in [2.24, 2.45) is 5.92 Å². The number of amides is 1. The lowest BCUT2D eigenvalue weighted by molar-refractivity contribution is -0.124. The van der Waals surface area contributed by atoms with Crippen molar-refractivity contribution in [1.82, 2.24) is 14.9 Å². The Kier molecular flexibility index (Phi) is 5.04. The van der Waals surface area contributed by atoms with Crippen molar-refractivity contribution in [2.75, 3.05) is 25.4 Å². The number of nitrogens with zero attached hydrogens (tertiary/aromatic N) is 1. The number of rotatable bonds is 4. The minimum Gasteiger partial charge on any atom is -0.352 e. The summed E-state index contributed by atoms with van der Waals surface area (Å²) in [5.41, 5.74) is 0. The molecule has 6 nitrogen and oxygen atoms in total. The lowest BCUT2D eigenvalue weighted by Crippen LogP contribution is -2.51. The van der Waals surface area contributed by atoms with Crippen LogP contribution in [0.4, 0.5) is 0 Å². The second-order valence-electron chi connectivity index (χ2n) is 5.78. The Morgan fingerprint density at radius 3 is 2.45 bits per heavy atom. The van der Waals surface area contributed by atoms with Crippen LogP contribution in [-0.2, 0) is 14.8 Å². The van der Waals surface area contributed by atoms with E-state index in [4.69, 9.17) is 0 Å². The molecular weight excluding hydrogens is 278 g/mol. The molecule has 2 rings (SSSR count). The highest BCUT2D eigenvalue weighted by Gasteiger charge is 2.32. The standard InChI is InChI=1S/C13H25N3O3S/c1-3-20(18,19)16-8-5-11(6-9-16)15-13(17)12-10(2)4-7-14-12/h10-12,14H,3-9H2,1-2H3,(H,15,17). The van der Waals surface area contributed by atoms with Gasteiger partial charge in [0, 0.05) is 19.1 Å². The second-order valence-corrected chi connectivity index (χ2v) is 8.04. The summed E-state index contributed by atoms with van der Waals surface area (Å²) in [7, 11) is -3.09. The first-order valence-corrected chi connectivity index (χ1v) is 9.06. The SMILES string of the molecule is CCS(=O)(=O)N1CCC(NC(=O)C2NCCC2C)CC1. The first-order valence-electron chi connectivity index (χ1n) is 7.45. The van der Waals surface area contributed by atoms with Crippen LogP contribution in [0.1, 0.15) is 33.1 Å². The molecule has 0 saturated carbocycles. The zero-order chi connectivity index (χ0) is 14.8. The number of sulfonamides is 1. The summed E-state index contributed by atoms with van der Waals surface area (Å²) in [6.45, 7) is 5.66. The fourth-order valence-corrected chi connectivity index (χ4v) is 4.07. The van der Waals surface area contributed by atoms with E-state index in [-0.39, 0.29) is 23.7 Å². The molecule has 0 spiro atoms. The van der Waals surface area contributed by atoms with Gasteiger partial charge in [0.1, 0.15) is 0 Å². The maximum Gasteiger partial charge on any atom is 0.237 e. The summed E-state index contributed by atoms with van der Waals surface area (Å²) in [5.74, 6) is 0.579. The smallest absolute Gasteiger partial charge is 0.237 e. The highest BCUT2D eigenvalue weighted by Crippen LogP contribution is 2.17. The minimum absolute atomic E-state index is 0.0619. The van der Waals surface area contributed by atoms with Crippen molar-refractivity contribution < 1.29 is 13.2 Å². The fourth-order valence-electron chi connectivity index (χ4n) is 2.94. The van der Waals surface area contributed by atoms with Crippen LogP contribution >= 0.6 is 0 Å². The monoisotopic (exact) mass is 303 g/mol. The van der Waals surface area contributed by atoms with Crippen LogP contribution in [0.25, 0.3) is 0 Å². The Bertz CT molecular complexity index is 444. The molecule has 116 valence electrons. The van der Waals surface area contributed by atoms with Gasteiger partial charge < -0.3 is 10.6 Å². The molecule has 2 heterocycles. The Labute approximate surface area is 121 Å². The molecule has 0 radical (unpaired) electrons. The van der Waals surface area contributed by atoms with Gasteiger partial charge in [0.05, 0.1) is 11.8 Å².